The van der Waals surface area contributed by atoms with Crippen molar-refractivity contribution in [3.8, 4) is 0 Å². The van der Waals surface area contributed by atoms with Gasteiger partial charge in [-0.15, -0.1) is 0 Å². The van der Waals surface area contributed by atoms with Gasteiger partial charge in [-0.1, -0.05) is 19.3 Å². The average molecular weight is 258 g/mol. The normalized spacial score (nSPS) is 20.1. The predicted octanol–water partition coefficient (Wildman–Crippen LogP) is 1.82. The van der Waals surface area contributed by atoms with Crippen LogP contribution in [0.5, 0.6) is 0 Å². The molecule has 0 heterocycles. The molecule has 0 aromatic heterocycles. The summed E-state index contributed by atoms with van der Waals surface area (Å²) in [6.45, 7) is 2.20. The van der Waals surface area contributed by atoms with Crippen LogP contribution in [0.4, 0.5) is 0 Å². The second-order valence-corrected chi connectivity index (χ2v) is 5.71. The Morgan fingerprint density at radius 1 is 1.47 bits per heavy atom. The molecule has 0 saturated heterocycles. The van der Waals surface area contributed by atoms with E-state index >= 15 is 0 Å². The van der Waals surface area contributed by atoms with Crippen LogP contribution >= 0.6 is 11.8 Å². The van der Waals surface area contributed by atoms with Crippen molar-refractivity contribution in [1.82, 2.24) is 10.3 Å². The van der Waals surface area contributed by atoms with E-state index in [1.807, 2.05) is 11.8 Å². The van der Waals surface area contributed by atoms with Crippen LogP contribution in [0.3, 0.4) is 0 Å². The molecule has 1 atom stereocenters. The molecule has 0 amide bonds. The maximum absolute atomic E-state index is 5.60. The number of nitrogens with one attached hydrogen (secondary N) is 1. The number of hydrogen-bond donors (Lipinski definition) is 2. The maximum Gasteiger partial charge on any atom is 0.208 e. The number of thioether (sulfide) groups is 1. The first-order valence-electron chi connectivity index (χ1n) is 6.45. The third-order valence-electron chi connectivity index (χ3n) is 3.41. The van der Waals surface area contributed by atoms with Crippen LogP contribution < -0.4 is 11.3 Å². The van der Waals surface area contributed by atoms with Crippen molar-refractivity contribution >= 4 is 17.7 Å². The summed E-state index contributed by atoms with van der Waals surface area (Å²) in [6.07, 6.45) is 8.49. The third kappa shape index (κ3) is 4.76. The summed E-state index contributed by atoms with van der Waals surface area (Å²) in [5.41, 5.74) is 2.76. The van der Waals surface area contributed by atoms with Crippen molar-refractivity contribution in [3.05, 3.63) is 0 Å². The van der Waals surface area contributed by atoms with Crippen molar-refractivity contribution in [2.45, 2.75) is 51.1 Å². The molecule has 0 spiro atoms. The van der Waals surface area contributed by atoms with Crippen LogP contribution in [-0.2, 0) is 0 Å². The molecule has 0 radical (unpaired) electrons. The molecule has 1 aliphatic rings. The van der Waals surface area contributed by atoms with Crippen LogP contribution in [0.2, 0.25) is 0 Å². The van der Waals surface area contributed by atoms with Crippen molar-refractivity contribution in [2.24, 2.45) is 10.8 Å². The number of aliphatic imine (C=N–C) groups is 1. The summed E-state index contributed by atoms with van der Waals surface area (Å²) in [7, 11) is 2.06. The number of hydrazine groups is 1. The first-order chi connectivity index (χ1) is 8.19. The van der Waals surface area contributed by atoms with Crippen LogP contribution in [0.1, 0.15) is 39.0 Å². The average Bonchev–Trinajstić information content (AvgIpc) is 2.36. The molecule has 1 aliphatic carbocycles. The van der Waals surface area contributed by atoms with E-state index in [1.54, 1.807) is 0 Å². The monoisotopic (exact) mass is 258 g/mol. The lowest BCUT2D eigenvalue weighted by atomic mass is 9.96. The fourth-order valence-corrected chi connectivity index (χ4v) is 2.88. The highest BCUT2D eigenvalue weighted by Gasteiger charge is 2.17. The Morgan fingerprint density at radius 2 is 2.12 bits per heavy atom. The van der Waals surface area contributed by atoms with E-state index in [2.05, 4.69) is 30.6 Å². The molecule has 0 aromatic rings. The van der Waals surface area contributed by atoms with Gasteiger partial charge in [0.2, 0.25) is 5.96 Å². The second-order valence-electron chi connectivity index (χ2n) is 4.80. The van der Waals surface area contributed by atoms with Gasteiger partial charge in [0.25, 0.3) is 0 Å². The Morgan fingerprint density at radius 3 is 2.65 bits per heavy atom. The Bertz CT molecular complexity index is 239. The minimum atomic E-state index is 0.448. The molecule has 0 aliphatic heterocycles. The maximum atomic E-state index is 5.60. The molecule has 4 nitrogen and oxygen atoms in total. The lowest BCUT2D eigenvalue weighted by Gasteiger charge is -2.29. The molecule has 1 rings (SSSR count). The number of hydrogen-bond acceptors (Lipinski definition) is 3. The predicted molar refractivity (Wildman–Crippen MR) is 77.2 cm³/mol. The zero-order chi connectivity index (χ0) is 12.7. The second kappa shape index (κ2) is 7.82. The molecule has 0 bridgehead atoms. The minimum absolute atomic E-state index is 0.448. The number of rotatable bonds is 4. The molecular formula is C12H26N4S. The standard InChI is InChI=1S/C12H26N4S/c1-10(9-17-3)16(2)12(15-13)14-11-7-5-4-6-8-11/h10-11H,4-9,13H2,1-3H3,(H,14,15). The Kier molecular flexibility index (Phi) is 6.73. The van der Waals surface area contributed by atoms with Crippen molar-refractivity contribution in [1.29, 1.82) is 0 Å². The van der Waals surface area contributed by atoms with Gasteiger partial charge < -0.3 is 4.90 Å². The molecule has 1 saturated carbocycles. The lowest BCUT2D eigenvalue weighted by molar-refractivity contribution is 0.390. The van der Waals surface area contributed by atoms with E-state index in [-0.39, 0.29) is 0 Å². The molecular weight excluding hydrogens is 232 g/mol. The van der Waals surface area contributed by atoms with E-state index in [9.17, 15) is 0 Å². The molecule has 100 valence electrons. The van der Waals surface area contributed by atoms with Gasteiger partial charge in [0, 0.05) is 18.8 Å². The molecule has 5 heteroatoms. The molecule has 3 N–H and O–H groups in total. The smallest absolute Gasteiger partial charge is 0.208 e. The van der Waals surface area contributed by atoms with Gasteiger partial charge in [-0.05, 0) is 26.0 Å². The number of nitrogens with two attached hydrogens (primary N) is 1. The first-order valence-corrected chi connectivity index (χ1v) is 7.84. The molecule has 1 fully saturated rings. The molecule has 1 unspecified atom stereocenters. The van der Waals surface area contributed by atoms with E-state index in [4.69, 9.17) is 10.8 Å². The van der Waals surface area contributed by atoms with Gasteiger partial charge in [0.1, 0.15) is 0 Å². The lowest BCUT2D eigenvalue weighted by Crippen LogP contribution is -2.48. The van der Waals surface area contributed by atoms with Crippen LogP contribution in [0.15, 0.2) is 4.99 Å². The van der Waals surface area contributed by atoms with Gasteiger partial charge >= 0.3 is 0 Å². The van der Waals surface area contributed by atoms with Crippen molar-refractivity contribution in [2.75, 3.05) is 19.1 Å². The Hall–Kier alpha value is -0.420. The van der Waals surface area contributed by atoms with E-state index in [1.165, 1.54) is 32.1 Å². The summed E-state index contributed by atoms with van der Waals surface area (Å²) in [5, 5.41) is 0. The quantitative estimate of drug-likeness (QED) is 0.349. The Labute approximate surface area is 109 Å². The topological polar surface area (TPSA) is 53.6 Å². The SMILES string of the molecule is CSCC(C)N(C)C(=NC1CCCCC1)NN. The summed E-state index contributed by atoms with van der Waals surface area (Å²) >= 11 is 1.85. The first kappa shape index (κ1) is 14.6. The highest BCUT2D eigenvalue weighted by Crippen LogP contribution is 2.20. The highest BCUT2D eigenvalue weighted by molar-refractivity contribution is 7.98. The summed E-state index contributed by atoms with van der Waals surface area (Å²) in [5.74, 6) is 7.51. The largest absolute Gasteiger partial charge is 0.341 e. The molecule has 0 aromatic carbocycles. The van der Waals surface area contributed by atoms with Crippen molar-refractivity contribution in [3.63, 3.8) is 0 Å². The van der Waals surface area contributed by atoms with Crippen molar-refractivity contribution < 1.29 is 0 Å². The Balaban J connectivity index is 2.58. The highest BCUT2D eigenvalue weighted by atomic mass is 32.2. The fraction of sp³-hybridized carbons (Fsp3) is 0.917. The van der Waals surface area contributed by atoms with Gasteiger partial charge in [-0.3, -0.25) is 5.43 Å². The van der Waals surface area contributed by atoms with Gasteiger partial charge in [-0.2, -0.15) is 11.8 Å². The third-order valence-corrected chi connectivity index (χ3v) is 4.23. The van der Waals surface area contributed by atoms with Gasteiger partial charge in [0.15, 0.2) is 0 Å². The summed E-state index contributed by atoms with van der Waals surface area (Å²) in [6, 6.07) is 0.905. The van der Waals surface area contributed by atoms with E-state index < -0.39 is 0 Å². The van der Waals surface area contributed by atoms with Crippen LogP contribution in [0, 0.1) is 0 Å². The minimum Gasteiger partial charge on any atom is -0.341 e. The van der Waals surface area contributed by atoms with Crippen LogP contribution in [-0.4, -0.2) is 42.0 Å². The van der Waals surface area contributed by atoms with E-state index in [0.717, 1.165) is 11.7 Å². The number of guanidine groups is 1. The fourth-order valence-electron chi connectivity index (χ4n) is 2.17. The zero-order valence-corrected chi connectivity index (χ0v) is 12.1. The zero-order valence-electron chi connectivity index (χ0n) is 11.3. The number of nitrogens with zero attached hydrogens (tertiary/aromatic N) is 2. The van der Waals surface area contributed by atoms with E-state index in [0.29, 0.717) is 12.1 Å². The summed E-state index contributed by atoms with van der Waals surface area (Å²) < 4.78 is 0. The molecule has 17 heavy (non-hydrogen) atoms. The van der Waals surface area contributed by atoms with Gasteiger partial charge in [-0.25, -0.2) is 10.8 Å². The van der Waals surface area contributed by atoms with Crippen LogP contribution in [0.25, 0.3) is 0 Å². The summed E-state index contributed by atoms with van der Waals surface area (Å²) in [4.78, 5) is 6.90. The van der Waals surface area contributed by atoms with Gasteiger partial charge in [0.05, 0.1) is 6.04 Å².